The van der Waals surface area contributed by atoms with Gasteiger partial charge in [-0.25, -0.2) is 13.8 Å². The lowest BCUT2D eigenvalue weighted by atomic mass is 10.0. The van der Waals surface area contributed by atoms with Gasteiger partial charge in [0.1, 0.15) is 11.4 Å². The zero-order valence-corrected chi connectivity index (χ0v) is 22.5. The van der Waals surface area contributed by atoms with Crippen LogP contribution in [0.25, 0.3) is 60.4 Å². The maximum Gasteiger partial charge on any atom is 0.419 e. The minimum Gasteiger partial charge on any atom is -0.443 e. The van der Waals surface area contributed by atoms with Crippen molar-refractivity contribution in [2.24, 2.45) is 0 Å². The standard InChI is InChI=1S/C35H27FN2O2/c1-35(2,3)40-34(39)38-32-20-19-22(37-30-17-8-5-12-24(30)25-13-6-9-18-31(25)37)21-28(32)27-15-10-14-26(33(27)38)23-11-4-7-16-29(23)36/h4-21H,1-3H3. The second-order valence-electron chi connectivity index (χ2n) is 11.1. The molecule has 2 aromatic heterocycles. The van der Waals surface area contributed by atoms with Crippen molar-refractivity contribution in [3.05, 3.63) is 115 Å². The quantitative estimate of drug-likeness (QED) is 0.225. The molecule has 5 aromatic carbocycles. The third-order valence-electron chi connectivity index (χ3n) is 7.35. The molecule has 2 heterocycles. The molecule has 0 saturated heterocycles. The van der Waals surface area contributed by atoms with Crippen molar-refractivity contribution >= 4 is 49.7 Å². The van der Waals surface area contributed by atoms with Gasteiger partial charge in [0.25, 0.3) is 0 Å². The van der Waals surface area contributed by atoms with E-state index in [4.69, 9.17) is 4.74 Å². The van der Waals surface area contributed by atoms with Crippen LogP contribution in [0.5, 0.6) is 0 Å². The number of carbonyl (C=O) groups is 1. The van der Waals surface area contributed by atoms with Crippen LogP contribution in [0.1, 0.15) is 20.8 Å². The normalized spacial score (nSPS) is 12.1. The largest absolute Gasteiger partial charge is 0.443 e. The topological polar surface area (TPSA) is 36.2 Å². The minimum absolute atomic E-state index is 0.345. The van der Waals surface area contributed by atoms with Crippen molar-refractivity contribution in [2.45, 2.75) is 26.4 Å². The zero-order valence-electron chi connectivity index (χ0n) is 22.5. The van der Waals surface area contributed by atoms with E-state index < -0.39 is 11.7 Å². The van der Waals surface area contributed by atoms with Crippen molar-refractivity contribution in [3.8, 4) is 16.8 Å². The summed E-state index contributed by atoms with van der Waals surface area (Å²) in [4.78, 5) is 13.7. The van der Waals surface area contributed by atoms with Gasteiger partial charge in [0.05, 0.1) is 22.1 Å². The molecule has 0 aliphatic heterocycles. The number of fused-ring (bicyclic) bond motifs is 6. The molecule has 0 N–H and O–H groups in total. The molecule has 40 heavy (non-hydrogen) atoms. The van der Waals surface area contributed by atoms with E-state index >= 15 is 4.39 Å². The second kappa shape index (κ2) is 8.82. The maximum atomic E-state index is 15.1. The lowest BCUT2D eigenvalue weighted by Gasteiger charge is -2.21. The Balaban J connectivity index is 1.57. The Hall–Kier alpha value is -4.90. The molecule has 0 amide bonds. The number of hydrogen-bond donors (Lipinski definition) is 0. The average molecular weight is 527 g/mol. The summed E-state index contributed by atoms with van der Waals surface area (Å²) in [6.07, 6.45) is -0.499. The number of rotatable bonds is 2. The van der Waals surface area contributed by atoms with Crippen LogP contribution in [-0.2, 0) is 4.74 Å². The fourth-order valence-corrected chi connectivity index (χ4v) is 5.79. The predicted molar refractivity (Wildman–Crippen MR) is 161 cm³/mol. The first-order valence-corrected chi connectivity index (χ1v) is 13.4. The van der Waals surface area contributed by atoms with Crippen molar-refractivity contribution in [2.75, 3.05) is 0 Å². The Bertz CT molecular complexity index is 2060. The number of halogens is 1. The molecule has 196 valence electrons. The molecule has 0 aliphatic rings. The molecule has 7 rings (SSSR count). The van der Waals surface area contributed by atoms with E-state index in [-0.39, 0.29) is 5.82 Å². The fourth-order valence-electron chi connectivity index (χ4n) is 5.79. The zero-order chi connectivity index (χ0) is 27.6. The monoisotopic (exact) mass is 526 g/mol. The lowest BCUT2D eigenvalue weighted by Crippen LogP contribution is -2.27. The maximum absolute atomic E-state index is 15.1. The highest BCUT2D eigenvalue weighted by atomic mass is 19.1. The van der Waals surface area contributed by atoms with Gasteiger partial charge in [-0.15, -0.1) is 0 Å². The summed E-state index contributed by atoms with van der Waals surface area (Å²) in [6.45, 7) is 5.53. The van der Waals surface area contributed by atoms with Crippen LogP contribution >= 0.6 is 0 Å². The summed E-state index contributed by atoms with van der Waals surface area (Å²) in [6, 6.07) is 35.2. The van der Waals surface area contributed by atoms with E-state index in [0.717, 1.165) is 27.5 Å². The highest BCUT2D eigenvalue weighted by Crippen LogP contribution is 2.39. The summed E-state index contributed by atoms with van der Waals surface area (Å²) in [5, 5.41) is 4.09. The number of para-hydroxylation sites is 3. The molecule has 0 saturated carbocycles. The van der Waals surface area contributed by atoms with Gasteiger partial charge in [-0.2, -0.15) is 0 Å². The molecule has 0 atom stereocenters. The van der Waals surface area contributed by atoms with Gasteiger partial charge < -0.3 is 9.30 Å². The van der Waals surface area contributed by atoms with E-state index in [9.17, 15) is 4.79 Å². The molecule has 0 fully saturated rings. The van der Waals surface area contributed by atoms with E-state index in [1.165, 1.54) is 16.8 Å². The number of benzene rings is 5. The SMILES string of the molecule is CC(C)(C)OC(=O)n1c2ccc(-n3c4ccccc4c4ccccc43)cc2c2cccc(-c3ccccc3F)c21. The molecule has 0 radical (unpaired) electrons. The Labute approximate surface area is 230 Å². The van der Waals surface area contributed by atoms with Crippen LogP contribution in [0.15, 0.2) is 109 Å². The molecule has 7 aromatic rings. The Morgan fingerprint density at radius 2 is 1.25 bits per heavy atom. The van der Waals surface area contributed by atoms with Crippen molar-refractivity contribution in [1.82, 2.24) is 9.13 Å². The second-order valence-corrected chi connectivity index (χ2v) is 11.1. The van der Waals surface area contributed by atoms with Gasteiger partial charge in [-0.05, 0) is 57.2 Å². The van der Waals surface area contributed by atoms with Crippen LogP contribution in [0.3, 0.4) is 0 Å². The molecule has 0 spiro atoms. The summed E-state index contributed by atoms with van der Waals surface area (Å²) >= 11 is 0. The van der Waals surface area contributed by atoms with Gasteiger partial charge in [0, 0.05) is 38.4 Å². The first-order chi connectivity index (χ1) is 19.3. The van der Waals surface area contributed by atoms with Crippen molar-refractivity contribution in [3.63, 3.8) is 0 Å². The highest BCUT2D eigenvalue weighted by molar-refractivity contribution is 6.17. The summed E-state index contributed by atoms with van der Waals surface area (Å²) < 4.78 is 24.8. The fraction of sp³-hybridized carbons (Fsp3) is 0.114. The van der Waals surface area contributed by atoms with Crippen LogP contribution < -0.4 is 0 Å². The van der Waals surface area contributed by atoms with Gasteiger partial charge in [0.2, 0.25) is 0 Å². The van der Waals surface area contributed by atoms with Gasteiger partial charge in [-0.3, -0.25) is 0 Å². The number of ether oxygens (including phenoxy) is 1. The summed E-state index contributed by atoms with van der Waals surface area (Å²) in [7, 11) is 0. The smallest absolute Gasteiger partial charge is 0.419 e. The van der Waals surface area contributed by atoms with E-state index in [1.54, 1.807) is 22.8 Å². The highest BCUT2D eigenvalue weighted by Gasteiger charge is 2.25. The molecule has 0 bridgehead atoms. The molecule has 0 aliphatic carbocycles. The Morgan fingerprint density at radius 3 is 1.93 bits per heavy atom. The van der Waals surface area contributed by atoms with Crippen molar-refractivity contribution in [1.29, 1.82) is 0 Å². The number of hydrogen-bond acceptors (Lipinski definition) is 2. The van der Waals surface area contributed by atoms with E-state index in [0.29, 0.717) is 22.2 Å². The van der Waals surface area contributed by atoms with Gasteiger partial charge >= 0.3 is 6.09 Å². The summed E-state index contributed by atoms with van der Waals surface area (Å²) in [5.41, 5.74) is 4.88. The average Bonchev–Trinajstić information content (AvgIpc) is 3.45. The van der Waals surface area contributed by atoms with Crippen LogP contribution in [0.2, 0.25) is 0 Å². The van der Waals surface area contributed by atoms with E-state index in [2.05, 4.69) is 47.0 Å². The Kier molecular flexibility index (Phi) is 5.33. The third-order valence-corrected chi connectivity index (χ3v) is 7.35. The van der Waals surface area contributed by atoms with Gasteiger partial charge in [0.15, 0.2) is 0 Å². The molecular weight excluding hydrogens is 499 g/mol. The van der Waals surface area contributed by atoms with Crippen LogP contribution in [-0.4, -0.2) is 20.8 Å². The third kappa shape index (κ3) is 3.69. The molecule has 0 unspecified atom stereocenters. The van der Waals surface area contributed by atoms with Gasteiger partial charge in [-0.1, -0.05) is 72.8 Å². The minimum atomic E-state index is -0.699. The number of aromatic nitrogens is 2. The predicted octanol–water partition coefficient (Wildman–Crippen LogP) is 9.48. The Morgan fingerprint density at radius 1 is 0.650 bits per heavy atom. The summed E-state index contributed by atoms with van der Waals surface area (Å²) in [5.74, 6) is -0.345. The number of carbonyl (C=O) groups excluding carboxylic acids is 1. The van der Waals surface area contributed by atoms with Crippen LogP contribution in [0.4, 0.5) is 9.18 Å². The first kappa shape index (κ1) is 24.2. The molecular formula is C35H27FN2O2. The van der Waals surface area contributed by atoms with E-state index in [1.807, 2.05) is 63.2 Å². The van der Waals surface area contributed by atoms with Crippen LogP contribution in [0, 0.1) is 5.82 Å². The molecule has 4 nitrogen and oxygen atoms in total. The molecule has 5 heteroatoms. The lowest BCUT2D eigenvalue weighted by molar-refractivity contribution is 0.0551. The van der Waals surface area contributed by atoms with Crippen molar-refractivity contribution < 1.29 is 13.9 Å². The first-order valence-electron chi connectivity index (χ1n) is 13.4. The number of nitrogens with zero attached hydrogens (tertiary/aromatic N) is 2.